The summed E-state index contributed by atoms with van der Waals surface area (Å²) in [6, 6.07) is 0. The third kappa shape index (κ3) is 1.61. The van der Waals surface area contributed by atoms with Gasteiger partial charge in [0.1, 0.15) is 11.4 Å². The molecule has 2 aliphatic rings. The van der Waals surface area contributed by atoms with Gasteiger partial charge in [0.15, 0.2) is 0 Å². The van der Waals surface area contributed by atoms with Crippen molar-refractivity contribution >= 4 is 11.8 Å². The molecule has 18 heavy (non-hydrogen) atoms. The summed E-state index contributed by atoms with van der Waals surface area (Å²) in [6.45, 7) is 3.75. The number of carboxylic acids is 1. The summed E-state index contributed by atoms with van der Waals surface area (Å²) in [6.07, 6.45) is 3.92. The van der Waals surface area contributed by atoms with E-state index in [2.05, 4.69) is 10.00 Å². The lowest BCUT2D eigenvalue weighted by atomic mass is 10.0. The number of hydrogen-bond donors (Lipinski definition) is 1. The van der Waals surface area contributed by atoms with Gasteiger partial charge in [-0.05, 0) is 31.6 Å². The molecule has 1 aromatic heterocycles. The Labute approximate surface area is 106 Å². The number of anilines is 1. The van der Waals surface area contributed by atoms with Crippen LogP contribution in [0.3, 0.4) is 0 Å². The fraction of sp³-hybridized carbons (Fsp3) is 0.692. The van der Waals surface area contributed by atoms with Gasteiger partial charge in [-0.1, -0.05) is 6.42 Å². The van der Waals surface area contributed by atoms with Crippen LogP contribution in [0.5, 0.6) is 0 Å². The van der Waals surface area contributed by atoms with Gasteiger partial charge in [-0.15, -0.1) is 0 Å². The van der Waals surface area contributed by atoms with Crippen LogP contribution >= 0.6 is 0 Å². The zero-order valence-corrected chi connectivity index (χ0v) is 10.9. The highest BCUT2D eigenvalue weighted by Gasteiger charge is 2.38. The van der Waals surface area contributed by atoms with Crippen molar-refractivity contribution in [2.45, 2.75) is 26.2 Å². The van der Waals surface area contributed by atoms with E-state index in [1.807, 2.05) is 7.05 Å². The zero-order valence-electron chi connectivity index (χ0n) is 10.9. The van der Waals surface area contributed by atoms with Crippen LogP contribution in [0, 0.1) is 18.8 Å². The second-order valence-electron chi connectivity index (χ2n) is 5.57. The van der Waals surface area contributed by atoms with E-state index in [1.54, 1.807) is 11.6 Å². The van der Waals surface area contributed by atoms with Gasteiger partial charge >= 0.3 is 5.97 Å². The molecule has 1 saturated carbocycles. The van der Waals surface area contributed by atoms with Gasteiger partial charge in [0, 0.05) is 20.1 Å². The summed E-state index contributed by atoms with van der Waals surface area (Å²) in [7, 11) is 1.84. The number of aryl methyl sites for hydroxylation is 2. The molecule has 0 radical (unpaired) electrons. The minimum absolute atomic E-state index is 0.373. The molecular weight excluding hydrogens is 230 g/mol. The molecule has 2 atom stereocenters. The van der Waals surface area contributed by atoms with Crippen molar-refractivity contribution in [3.63, 3.8) is 0 Å². The smallest absolute Gasteiger partial charge is 0.341 e. The SMILES string of the molecule is Cc1nn(C)c(N2CC3CCCC3C2)c1C(=O)O. The first-order valence-electron chi connectivity index (χ1n) is 6.59. The Balaban J connectivity index is 1.95. The molecule has 1 N–H and O–H groups in total. The van der Waals surface area contributed by atoms with E-state index in [0.717, 1.165) is 30.7 Å². The van der Waals surface area contributed by atoms with E-state index in [0.29, 0.717) is 11.3 Å². The number of aromatic nitrogens is 2. The monoisotopic (exact) mass is 249 g/mol. The summed E-state index contributed by atoms with van der Waals surface area (Å²) in [5, 5.41) is 13.6. The van der Waals surface area contributed by atoms with Crippen LogP contribution in [0.15, 0.2) is 0 Å². The van der Waals surface area contributed by atoms with Crippen molar-refractivity contribution in [2.75, 3.05) is 18.0 Å². The third-order valence-corrected chi connectivity index (χ3v) is 4.43. The molecule has 98 valence electrons. The molecule has 1 aromatic rings. The van der Waals surface area contributed by atoms with E-state index >= 15 is 0 Å². The second kappa shape index (κ2) is 4.00. The summed E-state index contributed by atoms with van der Waals surface area (Å²) >= 11 is 0. The van der Waals surface area contributed by atoms with E-state index in [9.17, 15) is 9.90 Å². The summed E-state index contributed by atoms with van der Waals surface area (Å²) in [5.74, 6) is 1.42. The molecule has 0 aromatic carbocycles. The van der Waals surface area contributed by atoms with Gasteiger partial charge in [0.2, 0.25) is 0 Å². The molecule has 1 saturated heterocycles. The highest BCUT2D eigenvalue weighted by Crippen LogP contribution is 2.40. The number of rotatable bonds is 2. The number of fused-ring (bicyclic) bond motifs is 1. The molecule has 5 heteroatoms. The van der Waals surface area contributed by atoms with Crippen LogP contribution < -0.4 is 4.90 Å². The third-order valence-electron chi connectivity index (χ3n) is 4.43. The quantitative estimate of drug-likeness (QED) is 0.866. The molecule has 0 spiro atoms. The number of hydrogen-bond acceptors (Lipinski definition) is 3. The highest BCUT2D eigenvalue weighted by atomic mass is 16.4. The Morgan fingerprint density at radius 1 is 1.33 bits per heavy atom. The zero-order chi connectivity index (χ0) is 12.9. The highest BCUT2D eigenvalue weighted by molar-refractivity contribution is 5.95. The predicted molar refractivity (Wildman–Crippen MR) is 67.9 cm³/mol. The molecule has 0 bridgehead atoms. The average Bonchev–Trinajstić information content (AvgIpc) is 2.89. The van der Waals surface area contributed by atoms with Crippen LogP contribution in [0.4, 0.5) is 5.82 Å². The summed E-state index contributed by atoms with van der Waals surface area (Å²) in [4.78, 5) is 13.6. The van der Waals surface area contributed by atoms with E-state index in [-0.39, 0.29) is 0 Å². The van der Waals surface area contributed by atoms with Crippen LogP contribution in [0.2, 0.25) is 0 Å². The molecule has 2 unspecified atom stereocenters. The van der Waals surface area contributed by atoms with Crippen molar-refractivity contribution in [3.8, 4) is 0 Å². The molecule has 0 amide bonds. The summed E-state index contributed by atoms with van der Waals surface area (Å²) < 4.78 is 1.72. The minimum Gasteiger partial charge on any atom is -0.477 e. The number of aromatic carboxylic acids is 1. The average molecular weight is 249 g/mol. The van der Waals surface area contributed by atoms with Crippen molar-refractivity contribution < 1.29 is 9.90 Å². The lowest BCUT2D eigenvalue weighted by Crippen LogP contribution is -2.25. The Hall–Kier alpha value is -1.52. The standard InChI is InChI=1S/C13H19N3O2/c1-8-11(13(17)18)12(15(2)14-8)16-6-9-4-3-5-10(9)7-16/h9-10H,3-7H2,1-2H3,(H,17,18). The molecular formula is C13H19N3O2. The van der Waals surface area contributed by atoms with Gasteiger partial charge in [0.05, 0.1) is 5.69 Å². The maximum absolute atomic E-state index is 11.4. The molecule has 2 fully saturated rings. The van der Waals surface area contributed by atoms with Crippen molar-refractivity contribution in [1.82, 2.24) is 9.78 Å². The Bertz CT molecular complexity index is 483. The topological polar surface area (TPSA) is 58.4 Å². The Morgan fingerprint density at radius 3 is 2.50 bits per heavy atom. The van der Waals surface area contributed by atoms with Crippen LogP contribution in [0.1, 0.15) is 35.3 Å². The van der Waals surface area contributed by atoms with Crippen molar-refractivity contribution in [2.24, 2.45) is 18.9 Å². The first-order valence-corrected chi connectivity index (χ1v) is 6.59. The normalized spacial score (nSPS) is 26.7. The fourth-order valence-corrected chi connectivity index (χ4v) is 3.67. The van der Waals surface area contributed by atoms with E-state index < -0.39 is 5.97 Å². The van der Waals surface area contributed by atoms with Gasteiger partial charge in [-0.3, -0.25) is 4.68 Å². The Morgan fingerprint density at radius 2 is 1.94 bits per heavy atom. The molecule has 2 heterocycles. The number of carboxylic acid groups (broad SMARTS) is 1. The van der Waals surface area contributed by atoms with Crippen molar-refractivity contribution in [3.05, 3.63) is 11.3 Å². The first kappa shape index (κ1) is 11.6. The van der Waals surface area contributed by atoms with Crippen LogP contribution in [0.25, 0.3) is 0 Å². The predicted octanol–water partition coefficient (Wildman–Crippen LogP) is 1.66. The summed E-state index contributed by atoms with van der Waals surface area (Å²) in [5.41, 5.74) is 0.981. The van der Waals surface area contributed by atoms with E-state index in [1.165, 1.54) is 19.3 Å². The molecule has 5 nitrogen and oxygen atoms in total. The molecule has 1 aliphatic heterocycles. The first-order chi connectivity index (χ1) is 8.58. The lowest BCUT2D eigenvalue weighted by molar-refractivity contribution is 0.0696. The van der Waals surface area contributed by atoms with Crippen LogP contribution in [-0.4, -0.2) is 33.9 Å². The van der Waals surface area contributed by atoms with Gasteiger partial charge < -0.3 is 10.0 Å². The Kier molecular flexibility index (Phi) is 2.57. The van der Waals surface area contributed by atoms with Crippen molar-refractivity contribution in [1.29, 1.82) is 0 Å². The maximum Gasteiger partial charge on any atom is 0.341 e. The van der Waals surface area contributed by atoms with Gasteiger partial charge in [0.25, 0.3) is 0 Å². The van der Waals surface area contributed by atoms with Crippen LogP contribution in [-0.2, 0) is 7.05 Å². The molecule has 1 aliphatic carbocycles. The minimum atomic E-state index is -0.868. The number of nitrogens with zero attached hydrogens (tertiary/aromatic N) is 3. The maximum atomic E-state index is 11.4. The van der Waals surface area contributed by atoms with Gasteiger partial charge in [-0.2, -0.15) is 5.10 Å². The van der Waals surface area contributed by atoms with Gasteiger partial charge in [-0.25, -0.2) is 4.79 Å². The van der Waals surface area contributed by atoms with E-state index in [4.69, 9.17) is 0 Å². The fourth-order valence-electron chi connectivity index (χ4n) is 3.67. The number of carbonyl (C=O) groups is 1. The second-order valence-corrected chi connectivity index (χ2v) is 5.57. The largest absolute Gasteiger partial charge is 0.477 e. The lowest BCUT2D eigenvalue weighted by Gasteiger charge is -2.20. The molecule has 3 rings (SSSR count).